The molecule has 0 aromatic carbocycles. The summed E-state index contributed by atoms with van der Waals surface area (Å²) in [4.78, 5) is 39.2. The van der Waals surface area contributed by atoms with Crippen molar-refractivity contribution in [3.8, 4) is 0 Å². The first-order valence-corrected chi connectivity index (χ1v) is 17.8. The van der Waals surface area contributed by atoms with Crippen LogP contribution in [0.4, 0.5) is 0 Å². The Bertz CT molecular complexity index is 1290. The Labute approximate surface area is 272 Å². The number of carboxylic acid groups (broad SMARTS) is 1. The van der Waals surface area contributed by atoms with Crippen LogP contribution in [0.3, 0.4) is 0 Å². The molecule has 5 aliphatic carbocycles. The minimum atomic E-state index is -1.11. The van der Waals surface area contributed by atoms with Gasteiger partial charge in [-0.05, 0) is 112 Å². The molecule has 0 aliphatic heterocycles. The number of esters is 2. The molecule has 0 aromatic heterocycles. The van der Waals surface area contributed by atoms with Crippen molar-refractivity contribution in [1.82, 2.24) is 0 Å². The number of fused-ring (bicyclic) bond motifs is 7. The normalized spacial score (nSPS) is 43.4. The molecule has 252 valence electrons. The summed E-state index contributed by atoms with van der Waals surface area (Å²) < 4.78 is 12.3. The van der Waals surface area contributed by atoms with Gasteiger partial charge in [0.1, 0.15) is 17.6 Å². The zero-order valence-electron chi connectivity index (χ0n) is 29.8. The van der Waals surface area contributed by atoms with Crippen LogP contribution in [0.5, 0.6) is 0 Å². The smallest absolute Gasteiger partial charge is 0.333 e. The maximum atomic E-state index is 13.5. The number of ether oxygens (including phenoxy) is 2. The third-order valence-corrected chi connectivity index (χ3v) is 14.7. The second-order valence-corrected chi connectivity index (χ2v) is 17.7. The number of carbonyl (C=O) groups excluding carboxylic acids is 2. The Morgan fingerprint density at radius 1 is 0.911 bits per heavy atom. The number of aliphatic carboxylic acids is 1. The van der Waals surface area contributed by atoms with Crippen LogP contribution < -0.4 is 0 Å². The van der Waals surface area contributed by atoms with E-state index >= 15 is 0 Å². The van der Waals surface area contributed by atoms with Crippen molar-refractivity contribution in [3.05, 3.63) is 23.3 Å². The lowest BCUT2D eigenvalue weighted by Crippen LogP contribution is -2.67. The van der Waals surface area contributed by atoms with Crippen LogP contribution in [0.15, 0.2) is 23.3 Å². The number of hydrogen-bond acceptors (Lipinski definition) is 5. The van der Waals surface area contributed by atoms with E-state index in [9.17, 15) is 19.5 Å². The highest BCUT2D eigenvalue weighted by Crippen LogP contribution is 2.76. The lowest BCUT2D eigenvalue weighted by Gasteiger charge is -2.71. The van der Waals surface area contributed by atoms with Gasteiger partial charge in [0, 0.05) is 23.3 Å². The predicted octanol–water partition coefficient (Wildman–Crippen LogP) is 9.07. The molecule has 0 amide bonds. The molecule has 6 nitrogen and oxygen atoms in total. The fourth-order valence-corrected chi connectivity index (χ4v) is 11.9. The van der Waals surface area contributed by atoms with Crippen molar-refractivity contribution in [2.24, 2.45) is 50.2 Å². The van der Waals surface area contributed by atoms with E-state index in [1.165, 1.54) is 5.57 Å². The van der Waals surface area contributed by atoms with Gasteiger partial charge in [-0.25, -0.2) is 4.79 Å². The summed E-state index contributed by atoms with van der Waals surface area (Å²) in [6, 6.07) is 0. The van der Waals surface area contributed by atoms with Crippen molar-refractivity contribution >= 4 is 17.9 Å². The van der Waals surface area contributed by atoms with Gasteiger partial charge in [0.2, 0.25) is 0 Å². The van der Waals surface area contributed by atoms with Gasteiger partial charge in [0.15, 0.2) is 0 Å². The Hall–Kier alpha value is -2.11. The summed E-state index contributed by atoms with van der Waals surface area (Å²) in [6.07, 6.45) is 12.5. The Morgan fingerprint density at radius 2 is 1.60 bits per heavy atom. The SMILES string of the molecule is C/C=C(/C)C(=O)O[C@@H]1CC(C)(C)C[C@H]2C3=CC[C@@H]4[C@@]5(C)CC[C@H](OC(=O)CCC)C(C)(C)[C@@H]5CC[C@@]4(C)[C@]3(C)CC[C@@]12C(=O)O. The van der Waals surface area contributed by atoms with Crippen molar-refractivity contribution in [2.75, 3.05) is 0 Å². The predicted molar refractivity (Wildman–Crippen MR) is 176 cm³/mol. The molecule has 1 N–H and O–H groups in total. The summed E-state index contributed by atoms with van der Waals surface area (Å²) >= 11 is 0. The summed E-state index contributed by atoms with van der Waals surface area (Å²) in [6.45, 7) is 22.1. The third-order valence-electron chi connectivity index (χ3n) is 14.7. The van der Waals surface area contributed by atoms with E-state index in [-0.39, 0.29) is 45.1 Å². The first-order chi connectivity index (χ1) is 20.8. The fraction of sp³-hybridized carbons (Fsp3) is 0.821. The van der Waals surface area contributed by atoms with E-state index < -0.39 is 23.5 Å². The van der Waals surface area contributed by atoms with Gasteiger partial charge in [-0.3, -0.25) is 9.59 Å². The zero-order valence-corrected chi connectivity index (χ0v) is 29.8. The van der Waals surface area contributed by atoms with Crippen LogP contribution in [-0.4, -0.2) is 35.2 Å². The van der Waals surface area contributed by atoms with Crippen molar-refractivity contribution < 1.29 is 29.0 Å². The van der Waals surface area contributed by atoms with Crippen LogP contribution >= 0.6 is 0 Å². The molecule has 9 atom stereocenters. The maximum absolute atomic E-state index is 13.5. The highest BCUT2D eigenvalue weighted by molar-refractivity contribution is 5.88. The van der Waals surface area contributed by atoms with Gasteiger partial charge < -0.3 is 14.6 Å². The standard InChI is InChI=1S/C39H60O6/c1-11-13-31(40)44-29-17-18-36(8)27(35(29,6)7)16-19-38(10)28(36)15-14-25-26-22-34(4,5)23-30(45-32(41)24(3)12-2)39(26,33(42)43)21-20-37(25,38)9/h12,14,26-30H,11,13,15-23H2,1-10H3,(H,42,43)/b24-12-/t26-,27-,28+,29-,30+,36-,37+,38+,39-/m0/s1. The second kappa shape index (κ2) is 11.3. The Balaban J connectivity index is 1.53. The molecule has 45 heavy (non-hydrogen) atoms. The molecule has 0 saturated heterocycles. The lowest BCUT2D eigenvalue weighted by atomic mass is 9.33. The molecule has 0 radical (unpaired) electrons. The van der Waals surface area contributed by atoms with Gasteiger partial charge >= 0.3 is 17.9 Å². The fourth-order valence-electron chi connectivity index (χ4n) is 11.9. The van der Waals surface area contributed by atoms with E-state index in [2.05, 4.69) is 54.5 Å². The number of allylic oxidation sites excluding steroid dienone is 3. The largest absolute Gasteiger partial charge is 0.481 e. The first kappa shape index (κ1) is 34.2. The molecule has 4 fully saturated rings. The van der Waals surface area contributed by atoms with Gasteiger partial charge in [-0.15, -0.1) is 0 Å². The van der Waals surface area contributed by atoms with Crippen molar-refractivity contribution in [1.29, 1.82) is 0 Å². The summed E-state index contributed by atoms with van der Waals surface area (Å²) in [5, 5.41) is 11.0. The summed E-state index contributed by atoms with van der Waals surface area (Å²) in [5.74, 6) is -0.547. The third kappa shape index (κ3) is 4.96. The monoisotopic (exact) mass is 624 g/mol. The van der Waals surface area contributed by atoms with E-state index in [0.717, 1.165) is 51.4 Å². The van der Waals surface area contributed by atoms with Crippen LogP contribution in [-0.2, 0) is 23.9 Å². The zero-order chi connectivity index (χ0) is 33.4. The van der Waals surface area contributed by atoms with Gasteiger partial charge in [0.25, 0.3) is 0 Å². The van der Waals surface area contributed by atoms with Crippen LogP contribution in [0.1, 0.15) is 140 Å². The molecule has 0 unspecified atom stereocenters. The van der Waals surface area contributed by atoms with Crippen molar-refractivity contribution in [2.45, 2.75) is 152 Å². The molecule has 0 heterocycles. The van der Waals surface area contributed by atoms with E-state index in [0.29, 0.717) is 36.7 Å². The molecule has 5 aliphatic rings. The van der Waals surface area contributed by atoms with Crippen LogP contribution in [0.25, 0.3) is 0 Å². The van der Waals surface area contributed by atoms with E-state index in [1.807, 2.05) is 13.8 Å². The number of rotatable bonds is 6. The molecule has 0 bridgehead atoms. The van der Waals surface area contributed by atoms with E-state index in [4.69, 9.17) is 9.47 Å². The molecule has 4 saturated carbocycles. The van der Waals surface area contributed by atoms with E-state index in [1.54, 1.807) is 13.0 Å². The quantitative estimate of drug-likeness (QED) is 0.180. The lowest BCUT2D eigenvalue weighted by molar-refractivity contribution is -0.220. The average molecular weight is 625 g/mol. The van der Waals surface area contributed by atoms with Gasteiger partial charge in [-0.1, -0.05) is 73.1 Å². The molecule has 6 heteroatoms. The van der Waals surface area contributed by atoms with Gasteiger partial charge in [0.05, 0.1) is 0 Å². The summed E-state index contributed by atoms with van der Waals surface area (Å²) in [5.41, 5.74) is 0.440. The molecule has 5 rings (SSSR count). The molecular weight excluding hydrogens is 564 g/mol. The number of carboxylic acids is 1. The highest BCUT2D eigenvalue weighted by atomic mass is 16.5. The first-order valence-electron chi connectivity index (χ1n) is 17.8. The minimum absolute atomic E-state index is 0.0180. The minimum Gasteiger partial charge on any atom is -0.481 e. The average Bonchev–Trinajstić information content (AvgIpc) is 2.94. The van der Waals surface area contributed by atoms with Crippen molar-refractivity contribution in [3.63, 3.8) is 0 Å². The van der Waals surface area contributed by atoms with Crippen LogP contribution in [0, 0.1) is 50.2 Å². The summed E-state index contributed by atoms with van der Waals surface area (Å²) in [7, 11) is 0. The topological polar surface area (TPSA) is 89.9 Å². The number of hydrogen-bond donors (Lipinski definition) is 1. The Morgan fingerprint density at radius 3 is 2.22 bits per heavy atom. The van der Waals surface area contributed by atoms with Crippen LogP contribution in [0.2, 0.25) is 0 Å². The maximum Gasteiger partial charge on any atom is 0.333 e. The Kier molecular flexibility index (Phi) is 8.56. The molecular formula is C39H60O6. The number of carbonyl (C=O) groups is 3. The molecule has 0 spiro atoms. The van der Waals surface area contributed by atoms with Gasteiger partial charge in [-0.2, -0.15) is 0 Å². The second-order valence-electron chi connectivity index (χ2n) is 17.7. The molecule has 0 aromatic rings. The highest BCUT2D eigenvalue weighted by Gasteiger charge is 2.71.